The third-order valence-electron chi connectivity index (χ3n) is 6.58. The lowest BCUT2D eigenvalue weighted by molar-refractivity contribution is -0.0398. The highest BCUT2D eigenvalue weighted by molar-refractivity contribution is 7.84. The van der Waals surface area contributed by atoms with Crippen LogP contribution in [0.15, 0.2) is 30.5 Å². The second kappa shape index (κ2) is 5.33. The quantitative estimate of drug-likeness (QED) is 0.894. The van der Waals surface area contributed by atoms with Crippen LogP contribution in [-0.2, 0) is 10.3 Å². The van der Waals surface area contributed by atoms with Crippen LogP contribution in [0.2, 0.25) is 0 Å². The number of hydrogen-bond donors (Lipinski definition) is 1. The molecule has 0 saturated heterocycles. The van der Waals surface area contributed by atoms with Gasteiger partial charge in [0.15, 0.2) is 0 Å². The van der Waals surface area contributed by atoms with Crippen LogP contribution in [-0.4, -0.2) is 18.9 Å². The van der Waals surface area contributed by atoms with Crippen molar-refractivity contribution in [2.75, 3.05) is 0 Å². The number of rotatable bonds is 3. The smallest absolute Gasteiger partial charge is 0.371 e. The zero-order valence-corrected chi connectivity index (χ0v) is 15.2. The third-order valence-corrected chi connectivity index (χ3v) is 7.01. The minimum absolute atomic E-state index is 0.153. The molecule has 7 heteroatoms. The average molecular weight is 374 g/mol. The highest BCUT2D eigenvalue weighted by Crippen LogP contribution is 2.60. The van der Waals surface area contributed by atoms with E-state index in [1.807, 2.05) is 6.07 Å². The first-order valence-corrected chi connectivity index (χ1v) is 10.7. The van der Waals surface area contributed by atoms with E-state index >= 15 is 0 Å². The van der Waals surface area contributed by atoms with Gasteiger partial charge in [0.1, 0.15) is 5.75 Å². The topological polar surface area (TPSA) is 91.4 Å². The monoisotopic (exact) mass is 374 g/mol. The highest BCUT2D eigenvalue weighted by Gasteiger charge is 2.55. The fraction of sp³-hybridized carbons (Fsp3) is 0.526. The van der Waals surface area contributed by atoms with E-state index in [1.165, 1.54) is 25.3 Å². The molecule has 4 fully saturated rings. The molecule has 0 amide bonds. The second-order valence-corrected chi connectivity index (χ2v) is 9.64. The van der Waals surface area contributed by atoms with Crippen LogP contribution in [0.25, 0.3) is 10.9 Å². The van der Waals surface area contributed by atoms with Crippen LogP contribution >= 0.6 is 0 Å². The number of hydrogen-bond acceptors (Lipinski definition) is 4. The normalized spacial score (nSPS) is 32.9. The summed E-state index contributed by atoms with van der Waals surface area (Å²) in [6.07, 6.45) is 8.75. The molecular formula is C19H22N2O4S. The Labute approximate surface area is 152 Å². The van der Waals surface area contributed by atoms with Gasteiger partial charge in [0.05, 0.1) is 10.9 Å². The van der Waals surface area contributed by atoms with Crippen molar-refractivity contribution < 1.29 is 17.4 Å². The minimum Gasteiger partial charge on any atom is -0.371 e. The maximum atomic E-state index is 13.5. The lowest BCUT2D eigenvalue weighted by Gasteiger charge is -2.55. The lowest BCUT2D eigenvalue weighted by Crippen LogP contribution is -2.51. The van der Waals surface area contributed by atoms with Gasteiger partial charge in [0.25, 0.3) is 0 Å². The number of nitrogens with zero attached hydrogens (tertiary/aromatic N) is 1. The molecule has 1 aromatic heterocycles. The highest BCUT2D eigenvalue weighted by atomic mass is 32.2. The Kier molecular flexibility index (Phi) is 3.35. The zero-order valence-electron chi connectivity index (χ0n) is 14.4. The Bertz CT molecular complexity index is 972. The molecule has 4 saturated carbocycles. The average Bonchev–Trinajstić information content (AvgIpc) is 2.94. The van der Waals surface area contributed by atoms with Gasteiger partial charge in [0, 0.05) is 11.6 Å². The van der Waals surface area contributed by atoms with Gasteiger partial charge in [-0.2, -0.15) is 13.6 Å². The van der Waals surface area contributed by atoms with Crippen LogP contribution in [0.4, 0.5) is 0 Å². The first kappa shape index (κ1) is 16.3. The van der Waals surface area contributed by atoms with Crippen molar-refractivity contribution in [3.8, 4) is 5.75 Å². The van der Waals surface area contributed by atoms with Crippen molar-refractivity contribution >= 4 is 27.1 Å². The third kappa shape index (κ3) is 2.56. The molecule has 6 rings (SSSR count). The van der Waals surface area contributed by atoms with E-state index in [0.717, 1.165) is 30.2 Å². The maximum Gasteiger partial charge on any atom is 0.380 e. The molecule has 0 spiro atoms. The van der Waals surface area contributed by atoms with Gasteiger partial charge < -0.3 is 4.18 Å². The SMILES string of the molecule is NS(=O)(=O)Oc1ccc2c(ccn2C(=O)C23CC4CC(CC(C4)C2)C3)c1. The molecule has 0 atom stereocenters. The molecule has 26 heavy (non-hydrogen) atoms. The molecule has 6 nitrogen and oxygen atoms in total. The first-order chi connectivity index (χ1) is 12.3. The second-order valence-electron chi connectivity index (χ2n) is 8.49. The Balaban J connectivity index is 1.50. The van der Waals surface area contributed by atoms with Gasteiger partial charge >= 0.3 is 10.3 Å². The van der Waals surface area contributed by atoms with Crippen molar-refractivity contribution in [1.82, 2.24) is 4.57 Å². The van der Waals surface area contributed by atoms with Gasteiger partial charge in [-0.1, -0.05) is 0 Å². The molecular weight excluding hydrogens is 352 g/mol. The van der Waals surface area contributed by atoms with Crippen molar-refractivity contribution in [1.29, 1.82) is 0 Å². The van der Waals surface area contributed by atoms with Crippen molar-refractivity contribution in [2.45, 2.75) is 38.5 Å². The van der Waals surface area contributed by atoms with E-state index in [1.54, 1.807) is 22.9 Å². The van der Waals surface area contributed by atoms with Crippen molar-refractivity contribution in [3.05, 3.63) is 30.5 Å². The van der Waals surface area contributed by atoms with E-state index in [0.29, 0.717) is 17.8 Å². The molecule has 138 valence electrons. The van der Waals surface area contributed by atoms with Crippen LogP contribution in [0.1, 0.15) is 43.3 Å². The maximum absolute atomic E-state index is 13.5. The summed E-state index contributed by atoms with van der Waals surface area (Å²) in [4.78, 5) is 13.5. The van der Waals surface area contributed by atoms with E-state index in [4.69, 9.17) is 9.32 Å². The van der Waals surface area contributed by atoms with E-state index in [-0.39, 0.29) is 17.1 Å². The van der Waals surface area contributed by atoms with Crippen molar-refractivity contribution in [2.24, 2.45) is 28.3 Å². The van der Waals surface area contributed by atoms with E-state index < -0.39 is 10.3 Å². The Hall–Kier alpha value is -1.86. The fourth-order valence-corrected chi connectivity index (χ4v) is 6.48. The molecule has 2 N–H and O–H groups in total. The van der Waals surface area contributed by atoms with Crippen LogP contribution in [0.5, 0.6) is 5.75 Å². The summed E-state index contributed by atoms with van der Waals surface area (Å²) in [5.41, 5.74) is 0.573. The van der Waals surface area contributed by atoms with Crippen LogP contribution in [0, 0.1) is 23.2 Å². The number of carbonyl (C=O) groups excluding carboxylic acids is 1. The van der Waals surface area contributed by atoms with Gasteiger partial charge in [-0.15, -0.1) is 0 Å². The molecule has 0 aliphatic heterocycles. The van der Waals surface area contributed by atoms with Gasteiger partial charge in [-0.25, -0.2) is 0 Å². The summed E-state index contributed by atoms with van der Waals surface area (Å²) >= 11 is 0. The predicted octanol–water partition coefficient (Wildman–Crippen LogP) is 3.08. The fourth-order valence-electron chi connectivity index (χ4n) is 6.11. The number of fused-ring (bicyclic) bond motifs is 1. The van der Waals surface area contributed by atoms with E-state index in [9.17, 15) is 13.2 Å². The first-order valence-electron chi connectivity index (χ1n) is 9.19. The standard InChI is InChI=1S/C19H22N2O4S/c20-26(23,24)25-16-1-2-17-15(8-16)3-4-21(17)18(22)19-9-12-5-13(10-19)7-14(6-12)11-19/h1-4,8,12-14H,5-7,9-11H2,(H2,20,23,24). The summed E-state index contributed by atoms with van der Waals surface area (Å²) in [5, 5.41) is 5.69. The van der Waals surface area contributed by atoms with Crippen molar-refractivity contribution in [3.63, 3.8) is 0 Å². The molecule has 0 unspecified atom stereocenters. The summed E-state index contributed by atoms with van der Waals surface area (Å²) in [6.45, 7) is 0. The molecule has 4 aliphatic rings. The zero-order chi connectivity index (χ0) is 18.1. The summed E-state index contributed by atoms with van der Waals surface area (Å²) in [6, 6.07) is 6.69. The van der Waals surface area contributed by atoms with E-state index in [2.05, 4.69) is 0 Å². The van der Waals surface area contributed by atoms with Gasteiger partial charge in [-0.3, -0.25) is 9.36 Å². The predicted molar refractivity (Wildman–Crippen MR) is 96.9 cm³/mol. The van der Waals surface area contributed by atoms with Crippen LogP contribution < -0.4 is 9.32 Å². The number of carbonyl (C=O) groups is 1. The molecule has 4 aliphatic carbocycles. The largest absolute Gasteiger partial charge is 0.380 e. The number of benzene rings is 1. The summed E-state index contributed by atoms with van der Waals surface area (Å²) in [7, 11) is -4.06. The minimum atomic E-state index is -4.06. The molecule has 4 bridgehead atoms. The molecule has 1 aromatic carbocycles. The van der Waals surface area contributed by atoms with Gasteiger partial charge in [0.2, 0.25) is 5.91 Å². The molecule has 0 radical (unpaired) electrons. The summed E-state index contributed by atoms with van der Waals surface area (Å²) < 4.78 is 28.7. The Morgan fingerprint density at radius 1 is 1.08 bits per heavy atom. The van der Waals surface area contributed by atoms with Gasteiger partial charge in [-0.05, 0) is 80.5 Å². The lowest BCUT2D eigenvalue weighted by atomic mass is 9.49. The Morgan fingerprint density at radius 2 is 1.69 bits per heavy atom. The number of nitrogens with two attached hydrogens (primary N) is 1. The Morgan fingerprint density at radius 3 is 2.27 bits per heavy atom. The summed E-state index contributed by atoms with van der Waals surface area (Å²) in [5.74, 6) is 2.48. The van der Waals surface area contributed by atoms with Crippen LogP contribution in [0.3, 0.4) is 0 Å². The molecule has 1 heterocycles. The number of aromatic nitrogens is 1. The molecule has 2 aromatic rings.